The normalized spacial score (nSPS) is 11.4. The predicted octanol–water partition coefficient (Wildman–Crippen LogP) is 3.71. The second-order valence-electron chi connectivity index (χ2n) is 3.34. The van der Waals surface area contributed by atoms with E-state index in [9.17, 15) is 5.21 Å². The van der Waals surface area contributed by atoms with E-state index in [0.717, 1.165) is 14.8 Å². The number of rotatable bonds is 2. The van der Waals surface area contributed by atoms with Crippen LogP contribution in [0.5, 0.6) is 0 Å². The van der Waals surface area contributed by atoms with E-state index in [-0.39, 0.29) is 0 Å². The Morgan fingerprint density at radius 2 is 1.56 bits per heavy atom. The first kappa shape index (κ1) is 10.9. The molecule has 0 N–H and O–H groups in total. The molecule has 0 saturated carbocycles. The fourth-order valence-electron chi connectivity index (χ4n) is 1.33. The molecule has 0 aliphatic carbocycles. The van der Waals surface area contributed by atoms with Crippen molar-refractivity contribution in [2.24, 2.45) is 0 Å². The zero-order chi connectivity index (χ0) is 11.4. The summed E-state index contributed by atoms with van der Waals surface area (Å²) in [5.74, 6) is 0. The van der Waals surface area contributed by atoms with E-state index >= 15 is 0 Å². The molecular formula is C13H10BrNO. The van der Waals surface area contributed by atoms with E-state index in [1.807, 2.05) is 42.5 Å². The van der Waals surface area contributed by atoms with Crippen LogP contribution in [0.3, 0.4) is 0 Å². The minimum Gasteiger partial charge on any atom is -0.618 e. The lowest BCUT2D eigenvalue weighted by Gasteiger charge is -2.02. The first-order valence-electron chi connectivity index (χ1n) is 4.87. The highest BCUT2D eigenvalue weighted by molar-refractivity contribution is 9.10. The van der Waals surface area contributed by atoms with Gasteiger partial charge in [0.1, 0.15) is 0 Å². The van der Waals surface area contributed by atoms with Crippen molar-refractivity contribution in [3.8, 4) is 0 Å². The summed E-state index contributed by atoms with van der Waals surface area (Å²) in [6.45, 7) is 0. The van der Waals surface area contributed by atoms with E-state index in [4.69, 9.17) is 0 Å². The summed E-state index contributed by atoms with van der Waals surface area (Å²) < 4.78 is 1.87. The van der Waals surface area contributed by atoms with Crippen LogP contribution in [0.25, 0.3) is 0 Å². The molecule has 80 valence electrons. The minimum absolute atomic E-state index is 0.630. The monoisotopic (exact) mass is 275 g/mol. The Morgan fingerprint density at radius 1 is 0.938 bits per heavy atom. The van der Waals surface area contributed by atoms with E-state index in [2.05, 4.69) is 15.9 Å². The zero-order valence-electron chi connectivity index (χ0n) is 8.51. The summed E-state index contributed by atoms with van der Waals surface area (Å²) in [6, 6.07) is 16.7. The van der Waals surface area contributed by atoms with Gasteiger partial charge in [-0.15, -0.1) is 0 Å². The minimum atomic E-state index is 0.630. The lowest BCUT2D eigenvalue weighted by molar-refractivity contribution is -0.354. The fraction of sp³-hybridized carbons (Fsp3) is 0. The van der Waals surface area contributed by atoms with E-state index in [1.54, 1.807) is 18.3 Å². The van der Waals surface area contributed by atoms with Gasteiger partial charge in [-0.3, -0.25) is 0 Å². The number of nitrogens with zero attached hydrogens (tertiary/aromatic N) is 1. The Balaban J connectivity index is 2.28. The quantitative estimate of drug-likeness (QED) is 0.355. The molecule has 0 spiro atoms. The van der Waals surface area contributed by atoms with Crippen molar-refractivity contribution in [3.63, 3.8) is 0 Å². The van der Waals surface area contributed by atoms with Crippen LogP contribution in [0.1, 0.15) is 5.56 Å². The number of hydrogen-bond donors (Lipinski definition) is 0. The van der Waals surface area contributed by atoms with Gasteiger partial charge in [-0.2, -0.15) is 4.74 Å². The van der Waals surface area contributed by atoms with Gasteiger partial charge in [0.05, 0.1) is 0 Å². The molecule has 0 saturated heterocycles. The third-order valence-corrected chi connectivity index (χ3v) is 2.68. The summed E-state index contributed by atoms with van der Waals surface area (Å²) in [5, 5.41) is 11.7. The number of halogens is 1. The first-order valence-corrected chi connectivity index (χ1v) is 5.67. The Morgan fingerprint density at radius 3 is 2.19 bits per heavy atom. The standard InChI is InChI=1S/C13H10BrNO/c14-12-8-6-11(7-9-12)10-15(16)13-4-2-1-3-5-13/h1-10H/b15-10+. The number of benzene rings is 2. The van der Waals surface area contributed by atoms with Crippen molar-refractivity contribution >= 4 is 27.8 Å². The van der Waals surface area contributed by atoms with Crippen LogP contribution in [-0.2, 0) is 0 Å². The average Bonchev–Trinajstić information content (AvgIpc) is 2.33. The Bertz CT molecular complexity index is 491. The first-order chi connectivity index (χ1) is 7.75. The molecule has 0 amide bonds. The topological polar surface area (TPSA) is 26.1 Å². The van der Waals surface area contributed by atoms with Gasteiger partial charge in [0.15, 0.2) is 6.21 Å². The van der Waals surface area contributed by atoms with Crippen LogP contribution in [0.2, 0.25) is 0 Å². The largest absolute Gasteiger partial charge is 0.618 e. The van der Waals surface area contributed by atoms with Crippen molar-refractivity contribution in [1.29, 1.82) is 0 Å². The van der Waals surface area contributed by atoms with Crippen LogP contribution in [0, 0.1) is 5.21 Å². The Kier molecular flexibility index (Phi) is 3.37. The van der Waals surface area contributed by atoms with Crippen LogP contribution in [-0.4, -0.2) is 11.0 Å². The molecule has 0 atom stereocenters. The van der Waals surface area contributed by atoms with Crippen LogP contribution < -0.4 is 0 Å². The molecule has 0 aliphatic rings. The van der Waals surface area contributed by atoms with Crippen LogP contribution in [0.4, 0.5) is 5.69 Å². The molecule has 2 nitrogen and oxygen atoms in total. The third kappa shape index (κ3) is 2.70. The highest BCUT2D eigenvalue weighted by Gasteiger charge is 1.99. The van der Waals surface area contributed by atoms with Gasteiger partial charge in [0.25, 0.3) is 0 Å². The summed E-state index contributed by atoms with van der Waals surface area (Å²) >= 11 is 3.35. The van der Waals surface area contributed by atoms with Crippen LogP contribution >= 0.6 is 15.9 Å². The summed E-state index contributed by atoms with van der Waals surface area (Å²) in [4.78, 5) is 0. The van der Waals surface area contributed by atoms with Crippen LogP contribution in [0.15, 0.2) is 59.1 Å². The molecule has 0 bridgehead atoms. The summed E-state index contributed by atoms with van der Waals surface area (Å²) in [5.41, 5.74) is 1.51. The highest BCUT2D eigenvalue weighted by atomic mass is 79.9. The molecule has 2 rings (SSSR count). The van der Waals surface area contributed by atoms with Gasteiger partial charge in [-0.25, -0.2) is 0 Å². The molecule has 16 heavy (non-hydrogen) atoms. The van der Waals surface area contributed by atoms with Gasteiger partial charge < -0.3 is 5.21 Å². The maximum absolute atomic E-state index is 11.7. The zero-order valence-corrected chi connectivity index (χ0v) is 10.1. The van der Waals surface area contributed by atoms with Gasteiger partial charge in [-0.05, 0) is 24.3 Å². The second-order valence-corrected chi connectivity index (χ2v) is 4.26. The second kappa shape index (κ2) is 4.94. The lowest BCUT2D eigenvalue weighted by Crippen LogP contribution is -1.98. The predicted molar refractivity (Wildman–Crippen MR) is 69.0 cm³/mol. The molecule has 0 aliphatic heterocycles. The SMILES string of the molecule is [O-]/[N+](=C/c1ccc(Br)cc1)c1ccccc1. The summed E-state index contributed by atoms with van der Waals surface area (Å²) in [6.07, 6.45) is 1.56. The lowest BCUT2D eigenvalue weighted by atomic mass is 10.2. The molecule has 0 fully saturated rings. The van der Waals surface area contributed by atoms with Crippen molar-refractivity contribution in [2.45, 2.75) is 0 Å². The Labute approximate surface area is 103 Å². The van der Waals surface area contributed by atoms with Gasteiger partial charge in [0, 0.05) is 22.2 Å². The molecule has 3 heteroatoms. The third-order valence-electron chi connectivity index (χ3n) is 2.15. The van der Waals surface area contributed by atoms with Crippen molar-refractivity contribution < 1.29 is 4.74 Å². The maximum atomic E-state index is 11.7. The average molecular weight is 276 g/mol. The number of para-hydroxylation sites is 1. The Hall–Kier alpha value is -1.61. The van der Waals surface area contributed by atoms with Crippen molar-refractivity contribution in [2.75, 3.05) is 0 Å². The van der Waals surface area contributed by atoms with E-state index < -0.39 is 0 Å². The number of hydrogen-bond acceptors (Lipinski definition) is 1. The molecule has 0 heterocycles. The smallest absolute Gasteiger partial charge is 0.216 e. The maximum Gasteiger partial charge on any atom is 0.216 e. The van der Waals surface area contributed by atoms with Crippen molar-refractivity contribution in [1.82, 2.24) is 0 Å². The molecule has 2 aromatic rings. The van der Waals surface area contributed by atoms with Crippen molar-refractivity contribution in [3.05, 3.63) is 69.8 Å². The van der Waals surface area contributed by atoms with Gasteiger partial charge in [0.2, 0.25) is 5.69 Å². The molecule has 2 aromatic carbocycles. The van der Waals surface area contributed by atoms with Gasteiger partial charge in [-0.1, -0.05) is 34.1 Å². The van der Waals surface area contributed by atoms with E-state index in [1.165, 1.54) is 0 Å². The molecule has 0 aromatic heterocycles. The fourth-order valence-corrected chi connectivity index (χ4v) is 1.60. The van der Waals surface area contributed by atoms with Gasteiger partial charge >= 0.3 is 0 Å². The summed E-state index contributed by atoms with van der Waals surface area (Å²) in [7, 11) is 0. The highest BCUT2D eigenvalue weighted by Crippen LogP contribution is 2.11. The molecule has 0 radical (unpaired) electrons. The molecular weight excluding hydrogens is 266 g/mol. The van der Waals surface area contributed by atoms with E-state index in [0.29, 0.717) is 5.69 Å². The molecule has 0 unspecified atom stereocenters.